The van der Waals surface area contributed by atoms with Crippen LogP contribution in [-0.4, -0.2) is 42.1 Å². The third-order valence-corrected chi connectivity index (χ3v) is 3.84. The molecule has 2 N–H and O–H groups in total. The average molecular weight is 240 g/mol. The molecule has 17 heavy (non-hydrogen) atoms. The molecule has 1 amide bonds. The van der Waals surface area contributed by atoms with Crippen LogP contribution >= 0.6 is 0 Å². The van der Waals surface area contributed by atoms with Crippen molar-refractivity contribution < 1.29 is 9.53 Å². The van der Waals surface area contributed by atoms with Gasteiger partial charge < -0.3 is 15.4 Å². The van der Waals surface area contributed by atoms with E-state index in [1.807, 2.05) is 11.8 Å². The molecule has 0 aromatic heterocycles. The van der Waals surface area contributed by atoms with Gasteiger partial charge in [-0.15, -0.1) is 0 Å². The van der Waals surface area contributed by atoms with Crippen LogP contribution in [0.25, 0.3) is 0 Å². The molecular formula is C13H24N2O2. The molecule has 2 atom stereocenters. The van der Waals surface area contributed by atoms with Crippen molar-refractivity contribution >= 4 is 5.91 Å². The highest BCUT2D eigenvalue weighted by atomic mass is 16.5. The molecule has 2 fully saturated rings. The Bertz CT molecular complexity index is 264. The lowest BCUT2D eigenvalue weighted by Crippen LogP contribution is -2.41. The standard InChI is InChI=1S/C13H24N2O2/c1-2-12(17-11-5-3-4-6-11)13(16)15-8-7-10(14)9-15/h10-12H,2-9,14H2,1H3/t10-,12?/m1/s1. The Balaban J connectivity index is 1.86. The minimum atomic E-state index is -0.247. The Hall–Kier alpha value is -0.610. The van der Waals surface area contributed by atoms with Crippen LogP contribution in [0.2, 0.25) is 0 Å². The first kappa shape index (κ1) is 12.8. The van der Waals surface area contributed by atoms with Gasteiger partial charge in [0.25, 0.3) is 5.91 Å². The molecule has 2 rings (SSSR count). The summed E-state index contributed by atoms with van der Waals surface area (Å²) in [4.78, 5) is 14.1. The van der Waals surface area contributed by atoms with E-state index in [2.05, 4.69) is 0 Å². The maximum Gasteiger partial charge on any atom is 0.251 e. The predicted molar refractivity (Wildman–Crippen MR) is 66.6 cm³/mol. The molecule has 1 aliphatic heterocycles. The van der Waals surface area contributed by atoms with Gasteiger partial charge in [0.1, 0.15) is 6.10 Å². The Kier molecular flexibility index (Phi) is 4.40. The lowest BCUT2D eigenvalue weighted by atomic mass is 10.2. The maximum absolute atomic E-state index is 12.3. The Labute approximate surface area is 103 Å². The number of carbonyl (C=O) groups excluding carboxylic acids is 1. The van der Waals surface area contributed by atoms with Crippen molar-refractivity contribution in [1.82, 2.24) is 4.90 Å². The van der Waals surface area contributed by atoms with Crippen LogP contribution in [0.5, 0.6) is 0 Å². The normalized spacial score (nSPS) is 27.6. The minimum absolute atomic E-state index is 0.146. The maximum atomic E-state index is 12.3. The fourth-order valence-corrected chi connectivity index (χ4v) is 2.78. The summed E-state index contributed by atoms with van der Waals surface area (Å²) < 4.78 is 5.94. The molecule has 0 bridgehead atoms. The molecule has 0 spiro atoms. The van der Waals surface area contributed by atoms with Crippen LogP contribution in [0, 0.1) is 0 Å². The summed E-state index contributed by atoms with van der Waals surface area (Å²) in [7, 11) is 0. The minimum Gasteiger partial charge on any atom is -0.365 e. The molecular weight excluding hydrogens is 216 g/mol. The summed E-state index contributed by atoms with van der Waals surface area (Å²) in [6, 6.07) is 0.155. The molecule has 1 saturated carbocycles. The number of nitrogens with zero attached hydrogens (tertiary/aromatic N) is 1. The van der Waals surface area contributed by atoms with E-state index < -0.39 is 0 Å². The average Bonchev–Trinajstić information content (AvgIpc) is 2.96. The third-order valence-electron chi connectivity index (χ3n) is 3.84. The molecule has 0 radical (unpaired) electrons. The van der Waals surface area contributed by atoms with Gasteiger partial charge in [0.15, 0.2) is 0 Å². The van der Waals surface area contributed by atoms with Crippen molar-refractivity contribution in [1.29, 1.82) is 0 Å². The van der Waals surface area contributed by atoms with E-state index in [0.717, 1.165) is 32.2 Å². The van der Waals surface area contributed by atoms with E-state index in [4.69, 9.17) is 10.5 Å². The highest BCUT2D eigenvalue weighted by molar-refractivity contribution is 5.81. The van der Waals surface area contributed by atoms with Gasteiger partial charge in [-0.05, 0) is 25.7 Å². The summed E-state index contributed by atoms with van der Waals surface area (Å²) in [5.74, 6) is 0.146. The van der Waals surface area contributed by atoms with Gasteiger partial charge in [0.2, 0.25) is 0 Å². The van der Waals surface area contributed by atoms with Gasteiger partial charge >= 0.3 is 0 Å². The molecule has 1 heterocycles. The van der Waals surface area contributed by atoms with E-state index in [9.17, 15) is 4.79 Å². The smallest absolute Gasteiger partial charge is 0.251 e. The van der Waals surface area contributed by atoms with Crippen molar-refractivity contribution in [3.05, 3.63) is 0 Å². The Morgan fingerprint density at radius 1 is 1.41 bits per heavy atom. The first-order valence-electron chi connectivity index (χ1n) is 6.90. The molecule has 1 aliphatic carbocycles. The number of amides is 1. The molecule has 1 saturated heterocycles. The lowest BCUT2D eigenvalue weighted by Gasteiger charge is -2.25. The topological polar surface area (TPSA) is 55.6 Å². The van der Waals surface area contributed by atoms with Crippen LogP contribution in [0.15, 0.2) is 0 Å². The monoisotopic (exact) mass is 240 g/mol. The van der Waals surface area contributed by atoms with E-state index in [1.54, 1.807) is 0 Å². The van der Waals surface area contributed by atoms with Crippen LogP contribution < -0.4 is 5.73 Å². The van der Waals surface area contributed by atoms with E-state index in [0.29, 0.717) is 12.6 Å². The zero-order valence-electron chi connectivity index (χ0n) is 10.7. The van der Waals surface area contributed by atoms with Gasteiger partial charge in [-0.3, -0.25) is 4.79 Å². The summed E-state index contributed by atoms with van der Waals surface area (Å²) in [5.41, 5.74) is 5.83. The van der Waals surface area contributed by atoms with Crippen molar-refractivity contribution in [2.24, 2.45) is 5.73 Å². The number of rotatable bonds is 4. The first-order chi connectivity index (χ1) is 8.20. The van der Waals surface area contributed by atoms with Gasteiger partial charge in [-0.1, -0.05) is 19.8 Å². The zero-order valence-corrected chi connectivity index (χ0v) is 10.7. The molecule has 4 heteroatoms. The third kappa shape index (κ3) is 3.19. The van der Waals surface area contributed by atoms with Gasteiger partial charge in [-0.25, -0.2) is 0 Å². The van der Waals surface area contributed by atoms with Crippen molar-refractivity contribution in [2.75, 3.05) is 13.1 Å². The number of hydrogen-bond donors (Lipinski definition) is 1. The fourth-order valence-electron chi connectivity index (χ4n) is 2.78. The first-order valence-corrected chi connectivity index (χ1v) is 6.90. The second-order valence-corrected chi connectivity index (χ2v) is 5.27. The SMILES string of the molecule is CCC(OC1CCCC1)C(=O)N1CC[C@@H](N)C1. The van der Waals surface area contributed by atoms with Crippen LogP contribution in [0.3, 0.4) is 0 Å². The van der Waals surface area contributed by atoms with Crippen molar-refractivity contribution in [2.45, 2.75) is 63.7 Å². The summed E-state index contributed by atoms with van der Waals surface area (Å²) >= 11 is 0. The molecule has 4 nitrogen and oxygen atoms in total. The second kappa shape index (κ2) is 5.83. The summed E-state index contributed by atoms with van der Waals surface area (Å²) in [6.07, 6.45) is 6.45. The Morgan fingerprint density at radius 2 is 2.12 bits per heavy atom. The second-order valence-electron chi connectivity index (χ2n) is 5.27. The predicted octanol–water partition coefficient (Wildman–Crippen LogP) is 1.28. The van der Waals surface area contributed by atoms with Crippen LogP contribution in [0.1, 0.15) is 45.4 Å². The van der Waals surface area contributed by atoms with Crippen LogP contribution in [-0.2, 0) is 9.53 Å². The van der Waals surface area contributed by atoms with E-state index >= 15 is 0 Å². The van der Waals surface area contributed by atoms with Crippen molar-refractivity contribution in [3.63, 3.8) is 0 Å². The lowest BCUT2D eigenvalue weighted by molar-refractivity contribution is -0.146. The largest absolute Gasteiger partial charge is 0.365 e. The molecule has 0 aromatic carbocycles. The summed E-state index contributed by atoms with van der Waals surface area (Å²) in [5, 5.41) is 0. The molecule has 2 aliphatic rings. The highest BCUT2D eigenvalue weighted by Crippen LogP contribution is 2.24. The van der Waals surface area contributed by atoms with Gasteiger partial charge in [-0.2, -0.15) is 0 Å². The zero-order chi connectivity index (χ0) is 12.3. The molecule has 0 aromatic rings. The fraction of sp³-hybridized carbons (Fsp3) is 0.923. The number of likely N-dealkylation sites (tertiary alicyclic amines) is 1. The van der Waals surface area contributed by atoms with Gasteiger partial charge in [0, 0.05) is 19.1 Å². The summed E-state index contributed by atoms with van der Waals surface area (Å²) in [6.45, 7) is 3.52. The Morgan fingerprint density at radius 3 is 2.65 bits per heavy atom. The molecule has 1 unspecified atom stereocenters. The number of carbonyl (C=O) groups is 1. The number of ether oxygens (including phenoxy) is 1. The number of hydrogen-bond acceptors (Lipinski definition) is 3. The van der Waals surface area contributed by atoms with E-state index in [-0.39, 0.29) is 18.1 Å². The van der Waals surface area contributed by atoms with E-state index in [1.165, 1.54) is 12.8 Å². The van der Waals surface area contributed by atoms with Crippen LogP contribution in [0.4, 0.5) is 0 Å². The molecule has 98 valence electrons. The van der Waals surface area contributed by atoms with Crippen molar-refractivity contribution in [3.8, 4) is 0 Å². The number of nitrogens with two attached hydrogens (primary N) is 1. The quantitative estimate of drug-likeness (QED) is 0.805. The van der Waals surface area contributed by atoms with Gasteiger partial charge in [0.05, 0.1) is 6.10 Å². The highest BCUT2D eigenvalue weighted by Gasteiger charge is 2.31.